The Morgan fingerprint density at radius 1 is 1.75 bits per heavy atom. The van der Waals surface area contributed by atoms with Crippen LogP contribution in [0.4, 0.5) is 10.2 Å². The van der Waals surface area contributed by atoms with E-state index in [1.807, 2.05) is 6.19 Å². The predicted octanol–water partition coefficient (Wildman–Crippen LogP) is 1.53. The molecule has 0 N–H and O–H groups in total. The van der Waals surface area contributed by atoms with Crippen molar-refractivity contribution in [2.75, 3.05) is 11.4 Å². The van der Waals surface area contributed by atoms with Crippen LogP contribution in [0.25, 0.3) is 0 Å². The molecule has 1 rings (SSSR count). The third-order valence-electron chi connectivity index (χ3n) is 1.43. The first-order chi connectivity index (χ1) is 5.79. The Labute approximate surface area is 70.1 Å². The summed E-state index contributed by atoms with van der Waals surface area (Å²) in [5.41, 5.74) is 0. The van der Waals surface area contributed by atoms with E-state index in [-0.39, 0.29) is 5.82 Å². The Bertz CT molecular complexity index is 305. The van der Waals surface area contributed by atoms with Gasteiger partial charge in [-0.25, -0.2) is 9.37 Å². The molecule has 0 unspecified atom stereocenters. The molecule has 0 bridgehead atoms. The van der Waals surface area contributed by atoms with Crippen molar-refractivity contribution in [2.24, 2.45) is 0 Å². The molecule has 0 aliphatic heterocycles. The van der Waals surface area contributed by atoms with E-state index < -0.39 is 5.82 Å². The molecule has 12 heavy (non-hydrogen) atoms. The van der Waals surface area contributed by atoms with Gasteiger partial charge in [-0.1, -0.05) is 0 Å². The Morgan fingerprint density at radius 2 is 2.50 bits per heavy atom. The van der Waals surface area contributed by atoms with E-state index in [1.165, 1.54) is 23.2 Å². The highest BCUT2D eigenvalue weighted by molar-refractivity contribution is 5.43. The van der Waals surface area contributed by atoms with E-state index in [4.69, 9.17) is 5.26 Å². The summed E-state index contributed by atoms with van der Waals surface area (Å²) >= 11 is 0. The normalized spacial score (nSPS) is 9.08. The number of hydrogen-bond acceptors (Lipinski definition) is 3. The maximum absolute atomic E-state index is 13.0. The second kappa shape index (κ2) is 3.67. The Kier molecular flexibility index (Phi) is 2.59. The van der Waals surface area contributed by atoms with Gasteiger partial charge in [-0.15, -0.1) is 0 Å². The van der Waals surface area contributed by atoms with Crippen LogP contribution >= 0.6 is 0 Å². The fourth-order valence-electron chi connectivity index (χ4n) is 0.844. The lowest BCUT2D eigenvalue weighted by atomic mass is 10.4. The van der Waals surface area contributed by atoms with Gasteiger partial charge >= 0.3 is 0 Å². The van der Waals surface area contributed by atoms with Gasteiger partial charge in [-0.3, -0.25) is 4.90 Å². The van der Waals surface area contributed by atoms with Gasteiger partial charge in [0.1, 0.15) is 0 Å². The summed E-state index contributed by atoms with van der Waals surface area (Å²) in [5, 5.41) is 8.57. The average molecular weight is 165 g/mol. The molecule has 0 amide bonds. The van der Waals surface area contributed by atoms with E-state index >= 15 is 0 Å². The van der Waals surface area contributed by atoms with Crippen LogP contribution in [0.5, 0.6) is 0 Å². The van der Waals surface area contributed by atoms with Crippen molar-refractivity contribution in [3.8, 4) is 6.19 Å². The maximum Gasteiger partial charge on any atom is 0.185 e. The van der Waals surface area contributed by atoms with Crippen molar-refractivity contribution in [1.82, 2.24) is 4.98 Å². The minimum absolute atomic E-state index is 0.0856. The third kappa shape index (κ3) is 1.51. The number of nitriles is 1. The number of rotatable bonds is 2. The molecule has 4 heteroatoms. The summed E-state index contributed by atoms with van der Waals surface area (Å²) in [7, 11) is 0. The van der Waals surface area contributed by atoms with Crippen LogP contribution in [-0.2, 0) is 0 Å². The van der Waals surface area contributed by atoms with Crippen LogP contribution in [0.3, 0.4) is 0 Å². The summed E-state index contributed by atoms with van der Waals surface area (Å²) in [6.07, 6.45) is 3.30. The molecule has 0 aromatic carbocycles. The monoisotopic (exact) mass is 165 g/mol. The second-order valence-corrected chi connectivity index (χ2v) is 2.15. The van der Waals surface area contributed by atoms with Crippen LogP contribution in [0.1, 0.15) is 6.92 Å². The van der Waals surface area contributed by atoms with Gasteiger partial charge in [0.25, 0.3) is 0 Å². The summed E-state index contributed by atoms with van der Waals surface area (Å²) in [6.45, 7) is 2.18. The van der Waals surface area contributed by atoms with Gasteiger partial charge in [-0.05, 0) is 19.1 Å². The smallest absolute Gasteiger partial charge is 0.185 e. The molecule has 0 atom stereocenters. The predicted molar refractivity (Wildman–Crippen MR) is 42.8 cm³/mol. The zero-order valence-corrected chi connectivity index (χ0v) is 6.66. The largest absolute Gasteiger partial charge is 0.261 e. The quantitative estimate of drug-likeness (QED) is 0.492. The van der Waals surface area contributed by atoms with Gasteiger partial charge in [0.15, 0.2) is 17.8 Å². The molecule has 0 spiro atoms. The lowest BCUT2D eigenvalue weighted by Gasteiger charge is -2.11. The van der Waals surface area contributed by atoms with Crippen LogP contribution in [0.2, 0.25) is 0 Å². The Morgan fingerprint density at radius 3 is 3.00 bits per heavy atom. The van der Waals surface area contributed by atoms with E-state index in [0.29, 0.717) is 6.54 Å². The van der Waals surface area contributed by atoms with E-state index in [9.17, 15) is 4.39 Å². The fraction of sp³-hybridized carbons (Fsp3) is 0.250. The van der Waals surface area contributed by atoms with E-state index in [1.54, 1.807) is 6.92 Å². The van der Waals surface area contributed by atoms with Crippen LogP contribution in [0.15, 0.2) is 18.3 Å². The highest BCUT2D eigenvalue weighted by Gasteiger charge is 2.08. The molecule has 0 fully saturated rings. The summed E-state index contributed by atoms with van der Waals surface area (Å²) in [5.74, 6) is -0.386. The zero-order chi connectivity index (χ0) is 8.97. The van der Waals surface area contributed by atoms with E-state index in [0.717, 1.165) is 0 Å². The molecule has 3 nitrogen and oxygen atoms in total. The number of pyridine rings is 1. The first-order valence-corrected chi connectivity index (χ1v) is 3.57. The van der Waals surface area contributed by atoms with Crippen molar-refractivity contribution in [3.63, 3.8) is 0 Å². The second-order valence-electron chi connectivity index (χ2n) is 2.15. The number of hydrogen-bond donors (Lipinski definition) is 0. The van der Waals surface area contributed by atoms with Crippen molar-refractivity contribution in [2.45, 2.75) is 6.92 Å². The summed E-state index contributed by atoms with van der Waals surface area (Å²) < 4.78 is 13.0. The molecular formula is C8H8FN3. The van der Waals surface area contributed by atoms with Gasteiger partial charge in [-0.2, -0.15) is 5.26 Å². The molecule has 1 aromatic heterocycles. The zero-order valence-electron chi connectivity index (χ0n) is 6.66. The number of anilines is 1. The molecule has 1 heterocycles. The van der Waals surface area contributed by atoms with Gasteiger partial charge in [0.05, 0.1) is 0 Å². The first kappa shape index (κ1) is 8.47. The van der Waals surface area contributed by atoms with Crippen molar-refractivity contribution >= 4 is 5.82 Å². The maximum atomic E-state index is 13.0. The molecule has 0 saturated heterocycles. The average Bonchev–Trinajstić information content (AvgIpc) is 2.10. The minimum Gasteiger partial charge on any atom is -0.261 e. The highest BCUT2D eigenvalue weighted by atomic mass is 19.1. The highest BCUT2D eigenvalue weighted by Crippen LogP contribution is 2.13. The van der Waals surface area contributed by atoms with Crippen molar-refractivity contribution in [3.05, 3.63) is 24.1 Å². The third-order valence-corrected chi connectivity index (χ3v) is 1.43. The number of nitrogens with zero attached hydrogens (tertiary/aromatic N) is 3. The van der Waals surface area contributed by atoms with Crippen LogP contribution in [-0.4, -0.2) is 11.5 Å². The summed E-state index contributed by atoms with van der Waals surface area (Å²) in [6, 6.07) is 2.77. The SMILES string of the molecule is CCN(C#N)c1ncccc1F. The number of halogens is 1. The van der Waals surface area contributed by atoms with Gasteiger partial charge in [0.2, 0.25) is 0 Å². The first-order valence-electron chi connectivity index (χ1n) is 3.57. The fourth-order valence-corrected chi connectivity index (χ4v) is 0.844. The van der Waals surface area contributed by atoms with Crippen LogP contribution in [0, 0.1) is 17.3 Å². The molecule has 0 saturated carbocycles. The lowest BCUT2D eigenvalue weighted by Crippen LogP contribution is -2.17. The molecule has 1 aromatic rings. The van der Waals surface area contributed by atoms with Gasteiger partial charge in [0, 0.05) is 12.7 Å². The Balaban J connectivity index is 3.02. The van der Waals surface area contributed by atoms with E-state index in [2.05, 4.69) is 4.98 Å². The van der Waals surface area contributed by atoms with Crippen LogP contribution < -0.4 is 4.90 Å². The minimum atomic E-state index is -0.471. The van der Waals surface area contributed by atoms with Gasteiger partial charge < -0.3 is 0 Å². The lowest BCUT2D eigenvalue weighted by molar-refractivity contribution is 0.619. The topological polar surface area (TPSA) is 39.9 Å². The molecule has 62 valence electrons. The summed E-state index contributed by atoms with van der Waals surface area (Å²) in [4.78, 5) is 4.94. The number of aromatic nitrogens is 1. The molecule has 0 aliphatic carbocycles. The van der Waals surface area contributed by atoms with Crippen molar-refractivity contribution < 1.29 is 4.39 Å². The van der Waals surface area contributed by atoms with Crippen molar-refractivity contribution in [1.29, 1.82) is 5.26 Å². The standard InChI is InChI=1S/C8H8FN3/c1-2-12(6-10)8-7(9)4-3-5-11-8/h3-5H,2H2,1H3. The Hall–Kier alpha value is -1.63. The molecular weight excluding hydrogens is 157 g/mol. The molecule has 0 aliphatic rings. The molecule has 0 radical (unpaired) electrons.